The molecular weight excluding hydrogens is 244 g/mol. The van der Waals surface area contributed by atoms with Crippen LogP contribution in [0.15, 0.2) is 10.8 Å². The molecule has 0 fully saturated rings. The molecule has 2 aromatic rings. The van der Waals surface area contributed by atoms with Crippen molar-refractivity contribution in [1.82, 2.24) is 9.97 Å². The van der Waals surface area contributed by atoms with Gasteiger partial charge >= 0.3 is 5.97 Å². The molecule has 0 aromatic carbocycles. The van der Waals surface area contributed by atoms with Gasteiger partial charge in [-0.3, -0.25) is 4.79 Å². The number of esters is 1. The molecule has 16 heavy (non-hydrogen) atoms. The van der Waals surface area contributed by atoms with Gasteiger partial charge in [0.1, 0.15) is 10.7 Å². The molecule has 0 unspecified atom stereocenters. The average Bonchev–Trinajstić information content (AvgIpc) is 2.87. The van der Waals surface area contributed by atoms with Crippen molar-refractivity contribution in [3.8, 4) is 10.7 Å². The molecule has 84 valence electrons. The Balaban J connectivity index is 2.16. The monoisotopic (exact) mass is 254 g/mol. The Morgan fingerprint density at radius 1 is 1.38 bits per heavy atom. The number of hydrogen-bond donors (Lipinski definition) is 0. The highest BCUT2D eigenvalue weighted by molar-refractivity contribution is 7.14. The molecular formula is C10H10N2O2S2. The number of ether oxygens (including phenoxy) is 1. The Bertz CT molecular complexity index is 504. The molecule has 0 aliphatic rings. The number of thiazole rings is 2. The van der Waals surface area contributed by atoms with Crippen LogP contribution in [0.4, 0.5) is 0 Å². The maximum Gasteiger partial charge on any atom is 0.311 e. The first-order valence-electron chi connectivity index (χ1n) is 4.63. The lowest BCUT2D eigenvalue weighted by Crippen LogP contribution is -2.04. The minimum atomic E-state index is -0.272. The van der Waals surface area contributed by atoms with Crippen molar-refractivity contribution in [2.75, 3.05) is 7.11 Å². The standard InChI is InChI=1S/C10H10N2O2S2/c1-6-11-8(5-15-6)10-12-7(4-16-10)3-9(13)14-2/h4-5H,3H2,1-2H3. The van der Waals surface area contributed by atoms with Crippen LogP contribution in [0.5, 0.6) is 0 Å². The molecule has 0 N–H and O–H groups in total. The molecule has 4 nitrogen and oxygen atoms in total. The molecule has 0 radical (unpaired) electrons. The van der Waals surface area contributed by atoms with Crippen LogP contribution in [-0.4, -0.2) is 23.0 Å². The van der Waals surface area contributed by atoms with Crippen molar-refractivity contribution < 1.29 is 9.53 Å². The molecule has 0 saturated heterocycles. The van der Waals surface area contributed by atoms with E-state index < -0.39 is 0 Å². The molecule has 2 heterocycles. The number of nitrogens with zero attached hydrogens (tertiary/aromatic N) is 2. The molecule has 0 amide bonds. The third-order valence-corrected chi connectivity index (χ3v) is 3.63. The maximum absolute atomic E-state index is 11.1. The van der Waals surface area contributed by atoms with Gasteiger partial charge in [0.2, 0.25) is 0 Å². The fraction of sp³-hybridized carbons (Fsp3) is 0.300. The van der Waals surface area contributed by atoms with E-state index in [-0.39, 0.29) is 12.4 Å². The fourth-order valence-corrected chi connectivity index (χ4v) is 2.64. The summed E-state index contributed by atoms with van der Waals surface area (Å²) >= 11 is 3.08. The zero-order chi connectivity index (χ0) is 11.5. The number of rotatable bonds is 3. The summed E-state index contributed by atoms with van der Waals surface area (Å²) in [7, 11) is 1.37. The lowest BCUT2D eigenvalue weighted by atomic mass is 10.3. The first kappa shape index (κ1) is 11.2. The van der Waals surface area contributed by atoms with Gasteiger partial charge in [0.25, 0.3) is 0 Å². The van der Waals surface area contributed by atoms with Crippen LogP contribution < -0.4 is 0 Å². The predicted octanol–water partition coefficient (Wildman–Crippen LogP) is 2.29. The molecule has 6 heteroatoms. The van der Waals surface area contributed by atoms with Gasteiger partial charge in [-0.05, 0) is 6.92 Å². The van der Waals surface area contributed by atoms with E-state index in [0.29, 0.717) is 0 Å². The normalized spacial score (nSPS) is 10.4. The number of aryl methyl sites for hydroxylation is 1. The Morgan fingerprint density at radius 2 is 2.19 bits per heavy atom. The summed E-state index contributed by atoms with van der Waals surface area (Å²) in [4.78, 5) is 19.7. The first-order valence-corrected chi connectivity index (χ1v) is 6.38. The second-order valence-corrected chi connectivity index (χ2v) is 5.07. The number of carbonyl (C=O) groups excluding carboxylic acids is 1. The summed E-state index contributed by atoms with van der Waals surface area (Å²) in [5.41, 5.74) is 1.61. The maximum atomic E-state index is 11.1. The van der Waals surface area contributed by atoms with Gasteiger partial charge < -0.3 is 4.74 Å². The molecule has 0 saturated carbocycles. The van der Waals surface area contributed by atoms with E-state index in [2.05, 4.69) is 14.7 Å². The summed E-state index contributed by atoms with van der Waals surface area (Å²) in [6, 6.07) is 0. The molecule has 0 aliphatic heterocycles. The topological polar surface area (TPSA) is 52.1 Å². The largest absolute Gasteiger partial charge is 0.469 e. The highest BCUT2D eigenvalue weighted by Gasteiger charge is 2.10. The van der Waals surface area contributed by atoms with Crippen LogP contribution in [0, 0.1) is 6.92 Å². The Morgan fingerprint density at radius 3 is 2.81 bits per heavy atom. The van der Waals surface area contributed by atoms with Crippen LogP contribution in [0.2, 0.25) is 0 Å². The molecule has 2 rings (SSSR count). The third kappa shape index (κ3) is 2.45. The van der Waals surface area contributed by atoms with Gasteiger partial charge in [0.15, 0.2) is 0 Å². The van der Waals surface area contributed by atoms with Crippen molar-refractivity contribution in [1.29, 1.82) is 0 Å². The van der Waals surface area contributed by atoms with E-state index in [9.17, 15) is 4.79 Å². The molecule has 0 aliphatic carbocycles. The summed E-state index contributed by atoms with van der Waals surface area (Å²) in [6.45, 7) is 1.96. The molecule has 2 aromatic heterocycles. The quantitative estimate of drug-likeness (QED) is 0.789. The lowest BCUT2D eigenvalue weighted by Gasteiger charge is -1.93. The molecule has 0 bridgehead atoms. The minimum Gasteiger partial charge on any atom is -0.469 e. The van der Waals surface area contributed by atoms with Crippen molar-refractivity contribution in [3.05, 3.63) is 21.5 Å². The highest BCUT2D eigenvalue weighted by atomic mass is 32.1. The highest BCUT2D eigenvalue weighted by Crippen LogP contribution is 2.25. The summed E-state index contributed by atoms with van der Waals surface area (Å²) in [6.07, 6.45) is 0.218. The first-order chi connectivity index (χ1) is 7.69. The number of methoxy groups -OCH3 is 1. The number of carbonyl (C=O) groups is 1. The summed E-state index contributed by atoms with van der Waals surface area (Å²) in [5.74, 6) is -0.272. The Kier molecular flexibility index (Phi) is 3.31. The van der Waals surface area contributed by atoms with Gasteiger partial charge in [0, 0.05) is 10.8 Å². The van der Waals surface area contributed by atoms with Gasteiger partial charge in [-0.15, -0.1) is 22.7 Å². The Hall–Kier alpha value is -1.27. The fourth-order valence-electron chi connectivity index (χ4n) is 1.19. The van der Waals surface area contributed by atoms with Crippen molar-refractivity contribution in [2.45, 2.75) is 13.3 Å². The van der Waals surface area contributed by atoms with E-state index in [1.807, 2.05) is 17.7 Å². The van der Waals surface area contributed by atoms with E-state index in [1.54, 1.807) is 11.3 Å². The van der Waals surface area contributed by atoms with E-state index in [4.69, 9.17) is 0 Å². The smallest absolute Gasteiger partial charge is 0.311 e. The number of hydrogen-bond acceptors (Lipinski definition) is 6. The number of aromatic nitrogens is 2. The van der Waals surface area contributed by atoms with Gasteiger partial charge in [-0.2, -0.15) is 0 Å². The van der Waals surface area contributed by atoms with Gasteiger partial charge in [-0.25, -0.2) is 9.97 Å². The lowest BCUT2D eigenvalue weighted by molar-refractivity contribution is -0.139. The second kappa shape index (κ2) is 4.71. The molecule has 0 spiro atoms. The van der Waals surface area contributed by atoms with Gasteiger partial charge in [0.05, 0.1) is 24.2 Å². The third-order valence-electron chi connectivity index (χ3n) is 1.94. The van der Waals surface area contributed by atoms with Crippen LogP contribution in [0.1, 0.15) is 10.7 Å². The van der Waals surface area contributed by atoms with Crippen LogP contribution in [0.25, 0.3) is 10.7 Å². The zero-order valence-electron chi connectivity index (χ0n) is 8.89. The van der Waals surface area contributed by atoms with E-state index in [1.165, 1.54) is 18.4 Å². The zero-order valence-corrected chi connectivity index (χ0v) is 10.5. The predicted molar refractivity (Wildman–Crippen MR) is 63.7 cm³/mol. The Labute approximate surface area is 101 Å². The summed E-state index contributed by atoms with van der Waals surface area (Å²) < 4.78 is 4.59. The second-order valence-electron chi connectivity index (χ2n) is 3.15. The van der Waals surface area contributed by atoms with Crippen molar-refractivity contribution in [3.63, 3.8) is 0 Å². The van der Waals surface area contributed by atoms with Crippen LogP contribution in [0.3, 0.4) is 0 Å². The van der Waals surface area contributed by atoms with Crippen LogP contribution in [-0.2, 0) is 16.0 Å². The van der Waals surface area contributed by atoms with Crippen LogP contribution >= 0.6 is 22.7 Å². The van der Waals surface area contributed by atoms with E-state index >= 15 is 0 Å². The summed E-state index contributed by atoms with van der Waals surface area (Å²) in [5, 5.41) is 5.69. The van der Waals surface area contributed by atoms with Crippen molar-refractivity contribution in [2.24, 2.45) is 0 Å². The molecule has 0 atom stereocenters. The van der Waals surface area contributed by atoms with Crippen molar-refractivity contribution >= 4 is 28.6 Å². The average molecular weight is 254 g/mol. The van der Waals surface area contributed by atoms with E-state index in [0.717, 1.165) is 21.4 Å². The minimum absolute atomic E-state index is 0.218. The van der Waals surface area contributed by atoms with Gasteiger partial charge in [-0.1, -0.05) is 0 Å². The SMILES string of the molecule is COC(=O)Cc1csc(-c2csc(C)n2)n1.